The van der Waals surface area contributed by atoms with Crippen molar-refractivity contribution < 1.29 is 9.59 Å². The molecular formula is C15H18N2O2. The SMILES string of the molecule is Cc1ccc2c(c1)C(=O)N(C1CCNCC1C)C2=O. The van der Waals surface area contributed by atoms with E-state index in [-0.39, 0.29) is 17.9 Å². The Labute approximate surface area is 112 Å². The number of carbonyl (C=O) groups excluding carboxylic acids is 2. The predicted octanol–water partition coefficient (Wildman–Crippen LogP) is 1.59. The molecule has 2 unspecified atom stereocenters. The van der Waals surface area contributed by atoms with Crippen molar-refractivity contribution in [2.75, 3.05) is 13.1 Å². The van der Waals surface area contributed by atoms with Gasteiger partial charge in [0.2, 0.25) is 0 Å². The number of piperidine rings is 1. The average Bonchev–Trinajstić information content (AvgIpc) is 2.63. The number of nitrogens with one attached hydrogen (secondary N) is 1. The van der Waals surface area contributed by atoms with Crippen molar-refractivity contribution in [2.45, 2.75) is 26.3 Å². The lowest BCUT2D eigenvalue weighted by Gasteiger charge is -2.35. The molecule has 19 heavy (non-hydrogen) atoms. The summed E-state index contributed by atoms with van der Waals surface area (Å²) in [5.41, 5.74) is 2.14. The van der Waals surface area contributed by atoms with Gasteiger partial charge in [-0.25, -0.2) is 0 Å². The lowest BCUT2D eigenvalue weighted by atomic mass is 9.94. The van der Waals surface area contributed by atoms with E-state index in [1.54, 1.807) is 6.07 Å². The van der Waals surface area contributed by atoms with Crippen LogP contribution in [0.25, 0.3) is 0 Å². The van der Waals surface area contributed by atoms with Gasteiger partial charge < -0.3 is 5.32 Å². The molecule has 1 saturated heterocycles. The van der Waals surface area contributed by atoms with Gasteiger partial charge in [0.15, 0.2) is 0 Å². The standard InChI is InChI=1S/C15H18N2O2/c1-9-3-4-11-12(7-9)15(19)17(14(11)18)13-5-6-16-8-10(13)2/h3-4,7,10,13,16H,5-6,8H2,1-2H3. The Bertz CT molecular complexity index is 553. The second-order valence-electron chi connectivity index (χ2n) is 5.57. The molecule has 0 radical (unpaired) electrons. The molecule has 1 fully saturated rings. The average molecular weight is 258 g/mol. The van der Waals surface area contributed by atoms with Gasteiger partial charge in [0.25, 0.3) is 11.8 Å². The van der Waals surface area contributed by atoms with Crippen LogP contribution in [0.2, 0.25) is 0 Å². The fourth-order valence-corrected chi connectivity index (χ4v) is 3.06. The first kappa shape index (κ1) is 12.4. The number of rotatable bonds is 1. The largest absolute Gasteiger partial charge is 0.316 e. The number of hydrogen-bond acceptors (Lipinski definition) is 3. The van der Waals surface area contributed by atoms with E-state index in [0.29, 0.717) is 17.0 Å². The molecule has 100 valence electrons. The molecule has 1 aromatic rings. The second-order valence-corrected chi connectivity index (χ2v) is 5.57. The molecule has 1 aromatic carbocycles. The zero-order chi connectivity index (χ0) is 13.6. The van der Waals surface area contributed by atoms with Crippen molar-refractivity contribution in [2.24, 2.45) is 5.92 Å². The zero-order valence-corrected chi connectivity index (χ0v) is 11.3. The fraction of sp³-hybridized carbons (Fsp3) is 0.467. The molecule has 1 N–H and O–H groups in total. The highest BCUT2D eigenvalue weighted by Crippen LogP contribution is 2.29. The van der Waals surface area contributed by atoms with E-state index in [1.165, 1.54) is 4.90 Å². The van der Waals surface area contributed by atoms with Crippen LogP contribution in [0.3, 0.4) is 0 Å². The summed E-state index contributed by atoms with van der Waals surface area (Å²) in [6.07, 6.45) is 0.839. The normalized spacial score (nSPS) is 26.7. The van der Waals surface area contributed by atoms with Gasteiger partial charge >= 0.3 is 0 Å². The summed E-state index contributed by atoms with van der Waals surface area (Å²) in [7, 11) is 0. The molecule has 2 aliphatic heterocycles. The molecular weight excluding hydrogens is 240 g/mol. The first-order valence-electron chi connectivity index (χ1n) is 6.79. The summed E-state index contributed by atoms with van der Waals surface area (Å²) in [5.74, 6) is 0.0539. The Morgan fingerprint density at radius 2 is 1.95 bits per heavy atom. The summed E-state index contributed by atoms with van der Waals surface area (Å²) in [6, 6.07) is 5.51. The van der Waals surface area contributed by atoms with E-state index in [0.717, 1.165) is 25.1 Å². The topological polar surface area (TPSA) is 49.4 Å². The molecule has 2 heterocycles. The Morgan fingerprint density at radius 1 is 1.21 bits per heavy atom. The first-order valence-corrected chi connectivity index (χ1v) is 6.79. The summed E-state index contributed by atoms with van der Waals surface area (Å²) < 4.78 is 0. The number of amides is 2. The summed E-state index contributed by atoms with van der Waals surface area (Å²) >= 11 is 0. The van der Waals surface area contributed by atoms with Crippen molar-refractivity contribution >= 4 is 11.8 Å². The van der Waals surface area contributed by atoms with Crippen LogP contribution in [0.15, 0.2) is 18.2 Å². The third kappa shape index (κ3) is 1.87. The molecule has 0 spiro atoms. The minimum atomic E-state index is -0.126. The molecule has 2 aliphatic rings. The third-order valence-corrected chi connectivity index (χ3v) is 4.15. The van der Waals surface area contributed by atoms with Crippen LogP contribution < -0.4 is 5.32 Å². The van der Waals surface area contributed by atoms with Crippen LogP contribution in [0.5, 0.6) is 0 Å². The predicted molar refractivity (Wildman–Crippen MR) is 72.1 cm³/mol. The number of benzene rings is 1. The van der Waals surface area contributed by atoms with Gasteiger partial charge in [-0.15, -0.1) is 0 Å². The quantitative estimate of drug-likeness (QED) is 0.778. The lowest BCUT2D eigenvalue weighted by molar-refractivity contribution is 0.0499. The van der Waals surface area contributed by atoms with Crippen LogP contribution in [0.1, 0.15) is 39.6 Å². The van der Waals surface area contributed by atoms with Crippen molar-refractivity contribution in [3.63, 3.8) is 0 Å². The smallest absolute Gasteiger partial charge is 0.261 e. The van der Waals surface area contributed by atoms with Crippen LogP contribution in [0, 0.1) is 12.8 Å². The maximum absolute atomic E-state index is 12.5. The van der Waals surface area contributed by atoms with E-state index in [1.807, 2.05) is 19.1 Å². The highest BCUT2D eigenvalue weighted by atomic mass is 16.2. The first-order chi connectivity index (χ1) is 9.09. The van der Waals surface area contributed by atoms with Gasteiger partial charge in [-0.3, -0.25) is 14.5 Å². The minimum Gasteiger partial charge on any atom is -0.316 e. The van der Waals surface area contributed by atoms with Gasteiger partial charge in [-0.05, 0) is 44.5 Å². The molecule has 4 heteroatoms. The van der Waals surface area contributed by atoms with Gasteiger partial charge in [-0.2, -0.15) is 0 Å². The molecule has 0 aromatic heterocycles. The van der Waals surface area contributed by atoms with Crippen LogP contribution in [0.4, 0.5) is 0 Å². The van der Waals surface area contributed by atoms with Crippen LogP contribution >= 0.6 is 0 Å². The third-order valence-electron chi connectivity index (χ3n) is 4.15. The maximum Gasteiger partial charge on any atom is 0.261 e. The van der Waals surface area contributed by atoms with Crippen molar-refractivity contribution in [1.29, 1.82) is 0 Å². The van der Waals surface area contributed by atoms with E-state index in [4.69, 9.17) is 0 Å². The highest BCUT2D eigenvalue weighted by Gasteiger charge is 2.42. The number of aryl methyl sites for hydroxylation is 1. The van der Waals surface area contributed by atoms with Gasteiger partial charge in [0, 0.05) is 6.04 Å². The van der Waals surface area contributed by atoms with Crippen molar-refractivity contribution in [3.05, 3.63) is 34.9 Å². The number of fused-ring (bicyclic) bond motifs is 1. The number of nitrogens with zero attached hydrogens (tertiary/aromatic N) is 1. The minimum absolute atomic E-state index is 0.0222. The van der Waals surface area contributed by atoms with Gasteiger partial charge in [0.05, 0.1) is 11.1 Å². The van der Waals surface area contributed by atoms with E-state index >= 15 is 0 Å². The highest BCUT2D eigenvalue weighted by molar-refractivity contribution is 6.21. The van der Waals surface area contributed by atoms with Crippen LogP contribution in [-0.4, -0.2) is 35.8 Å². The number of carbonyl (C=O) groups is 2. The molecule has 4 nitrogen and oxygen atoms in total. The maximum atomic E-state index is 12.5. The molecule has 0 bridgehead atoms. The molecule has 0 aliphatic carbocycles. The van der Waals surface area contributed by atoms with E-state index in [9.17, 15) is 9.59 Å². The van der Waals surface area contributed by atoms with E-state index < -0.39 is 0 Å². The summed E-state index contributed by atoms with van der Waals surface area (Å²) in [6.45, 7) is 5.75. The monoisotopic (exact) mass is 258 g/mol. The molecule has 3 rings (SSSR count). The summed E-state index contributed by atoms with van der Waals surface area (Å²) in [4.78, 5) is 26.4. The van der Waals surface area contributed by atoms with Crippen molar-refractivity contribution in [1.82, 2.24) is 10.2 Å². The number of hydrogen-bond donors (Lipinski definition) is 1. The van der Waals surface area contributed by atoms with Gasteiger partial charge in [-0.1, -0.05) is 18.6 Å². The fourth-order valence-electron chi connectivity index (χ4n) is 3.06. The Balaban J connectivity index is 1.98. The van der Waals surface area contributed by atoms with Crippen LogP contribution in [-0.2, 0) is 0 Å². The Kier molecular flexibility index (Phi) is 2.90. The Morgan fingerprint density at radius 3 is 2.68 bits per heavy atom. The summed E-state index contributed by atoms with van der Waals surface area (Å²) in [5, 5.41) is 3.30. The lowest BCUT2D eigenvalue weighted by Crippen LogP contribution is -2.50. The molecule has 2 amide bonds. The van der Waals surface area contributed by atoms with Gasteiger partial charge in [0.1, 0.15) is 0 Å². The molecule has 2 atom stereocenters. The zero-order valence-electron chi connectivity index (χ0n) is 11.3. The van der Waals surface area contributed by atoms with Crippen molar-refractivity contribution in [3.8, 4) is 0 Å². The second kappa shape index (κ2) is 4.46. The molecule has 0 saturated carbocycles. The van der Waals surface area contributed by atoms with E-state index in [2.05, 4.69) is 12.2 Å². The number of imide groups is 1. The Hall–Kier alpha value is -1.68.